The topological polar surface area (TPSA) is 86.2 Å². The Hall–Kier alpha value is -1.82. The van der Waals surface area contributed by atoms with Gasteiger partial charge in [-0.3, -0.25) is 0 Å². The van der Waals surface area contributed by atoms with Crippen molar-refractivity contribution < 1.29 is 12.9 Å². The molecule has 1 aliphatic rings. The first-order chi connectivity index (χ1) is 8.92. The molecule has 0 atom stereocenters. The lowest BCUT2D eigenvalue weighted by Crippen LogP contribution is -2.18. The number of anilines is 1. The average molecular weight is 278 g/mol. The summed E-state index contributed by atoms with van der Waals surface area (Å²) in [4.78, 5) is 0. The van der Waals surface area contributed by atoms with Gasteiger partial charge in [0.05, 0.1) is 4.75 Å². The van der Waals surface area contributed by atoms with Crippen LogP contribution in [0.5, 0.6) is 0 Å². The quantitative estimate of drug-likeness (QED) is 0.927. The van der Waals surface area contributed by atoms with Gasteiger partial charge in [0.2, 0.25) is 0 Å². The summed E-state index contributed by atoms with van der Waals surface area (Å²) in [6, 6.07) is 8.98. The number of nitrogens with two attached hydrogens (primary N) is 1. The lowest BCUT2D eigenvalue weighted by atomic mass is 10.1. The van der Waals surface area contributed by atoms with Crippen molar-refractivity contribution in [3.63, 3.8) is 0 Å². The Balaban J connectivity index is 1.96. The molecule has 1 fully saturated rings. The maximum atomic E-state index is 11.8. The summed E-state index contributed by atoms with van der Waals surface area (Å²) >= 11 is 0. The van der Waals surface area contributed by atoms with E-state index >= 15 is 0 Å². The van der Waals surface area contributed by atoms with Gasteiger partial charge in [0.15, 0.2) is 21.4 Å². The number of aromatic nitrogens is 1. The fourth-order valence-electron chi connectivity index (χ4n) is 2.35. The number of nitrogen functional groups attached to an aromatic ring is 1. The molecule has 0 bridgehead atoms. The number of rotatable bonds is 3. The molecule has 6 heteroatoms. The van der Waals surface area contributed by atoms with Crippen LogP contribution in [0.4, 0.5) is 5.82 Å². The summed E-state index contributed by atoms with van der Waals surface area (Å²) in [5, 5.41) is 3.62. The van der Waals surface area contributed by atoms with Crippen molar-refractivity contribution in [3.8, 4) is 11.3 Å². The van der Waals surface area contributed by atoms with Crippen molar-refractivity contribution in [3.05, 3.63) is 35.9 Å². The SMILES string of the molecule is CS(=O)(=O)C1(c2ccc(-c3cc(N)no3)cc2)CC1. The van der Waals surface area contributed by atoms with Crippen molar-refractivity contribution in [2.24, 2.45) is 0 Å². The van der Waals surface area contributed by atoms with E-state index < -0.39 is 14.6 Å². The number of nitrogens with zero attached hydrogens (tertiary/aromatic N) is 1. The predicted octanol–water partition coefficient (Wildman–Crippen LogP) is 1.96. The zero-order valence-corrected chi connectivity index (χ0v) is 11.3. The number of hydrogen-bond acceptors (Lipinski definition) is 5. The largest absolute Gasteiger partial charge is 0.381 e. The van der Waals surface area contributed by atoms with Gasteiger partial charge in [-0.1, -0.05) is 29.4 Å². The lowest BCUT2D eigenvalue weighted by Gasteiger charge is -2.13. The lowest BCUT2D eigenvalue weighted by molar-refractivity contribution is 0.436. The second-order valence-electron chi connectivity index (χ2n) is 4.96. The van der Waals surface area contributed by atoms with E-state index in [0.717, 1.165) is 11.1 Å². The average Bonchev–Trinajstić information content (AvgIpc) is 3.07. The van der Waals surface area contributed by atoms with Gasteiger partial charge >= 0.3 is 0 Å². The molecule has 0 radical (unpaired) electrons. The van der Waals surface area contributed by atoms with Gasteiger partial charge in [0.1, 0.15) is 0 Å². The maximum absolute atomic E-state index is 11.8. The van der Waals surface area contributed by atoms with E-state index in [0.29, 0.717) is 24.4 Å². The molecular formula is C13H14N2O3S. The molecule has 19 heavy (non-hydrogen) atoms. The van der Waals surface area contributed by atoms with E-state index in [1.807, 2.05) is 24.3 Å². The van der Waals surface area contributed by atoms with Crippen LogP contribution in [0.25, 0.3) is 11.3 Å². The third-order valence-electron chi connectivity index (χ3n) is 3.64. The predicted molar refractivity (Wildman–Crippen MR) is 72.1 cm³/mol. The normalized spacial score (nSPS) is 17.3. The Bertz CT molecular complexity index is 713. The highest BCUT2D eigenvalue weighted by atomic mass is 32.2. The standard InChI is InChI=1S/C13H14N2O3S/c1-19(16,17)13(6-7-13)10-4-2-9(3-5-10)11-8-12(14)15-18-11/h2-5,8H,6-7H2,1H3,(H2,14,15). The Kier molecular flexibility index (Phi) is 2.47. The van der Waals surface area contributed by atoms with Crippen LogP contribution in [0.2, 0.25) is 0 Å². The van der Waals surface area contributed by atoms with Crippen LogP contribution in [-0.4, -0.2) is 19.8 Å². The van der Waals surface area contributed by atoms with Crippen LogP contribution >= 0.6 is 0 Å². The first kappa shape index (κ1) is 12.2. The van der Waals surface area contributed by atoms with Gasteiger partial charge in [-0.25, -0.2) is 8.42 Å². The van der Waals surface area contributed by atoms with Crippen LogP contribution in [-0.2, 0) is 14.6 Å². The van der Waals surface area contributed by atoms with Gasteiger partial charge in [0.25, 0.3) is 0 Å². The van der Waals surface area contributed by atoms with Crippen molar-refractivity contribution in [1.29, 1.82) is 0 Å². The van der Waals surface area contributed by atoms with Gasteiger partial charge in [-0.15, -0.1) is 0 Å². The summed E-state index contributed by atoms with van der Waals surface area (Å²) in [5.41, 5.74) is 7.17. The number of benzene rings is 1. The van der Waals surface area contributed by atoms with Gasteiger partial charge in [-0.05, 0) is 18.4 Å². The molecule has 0 aliphatic heterocycles. The summed E-state index contributed by atoms with van der Waals surface area (Å²) in [5.74, 6) is 0.905. The summed E-state index contributed by atoms with van der Waals surface area (Å²) in [7, 11) is -3.07. The van der Waals surface area contributed by atoms with E-state index in [2.05, 4.69) is 5.16 Å². The summed E-state index contributed by atoms with van der Waals surface area (Å²) < 4.78 is 28.0. The number of hydrogen-bond donors (Lipinski definition) is 1. The zero-order chi connectivity index (χ0) is 13.7. The Morgan fingerprint density at radius 1 is 1.26 bits per heavy atom. The monoisotopic (exact) mass is 278 g/mol. The van der Waals surface area contributed by atoms with Crippen molar-refractivity contribution in [2.75, 3.05) is 12.0 Å². The maximum Gasteiger partial charge on any atom is 0.169 e. The third-order valence-corrected chi connectivity index (χ3v) is 5.70. The molecule has 0 spiro atoms. The Morgan fingerprint density at radius 3 is 2.32 bits per heavy atom. The molecule has 0 saturated heterocycles. The summed E-state index contributed by atoms with van der Waals surface area (Å²) in [6.45, 7) is 0. The molecule has 0 amide bonds. The van der Waals surface area contributed by atoms with Crippen LogP contribution < -0.4 is 5.73 Å². The fraction of sp³-hybridized carbons (Fsp3) is 0.308. The molecule has 1 aromatic heterocycles. The van der Waals surface area contributed by atoms with E-state index in [4.69, 9.17) is 10.3 Å². The smallest absolute Gasteiger partial charge is 0.169 e. The van der Waals surface area contributed by atoms with E-state index in [1.54, 1.807) is 6.07 Å². The Labute approximate surface area is 111 Å². The molecule has 1 saturated carbocycles. The van der Waals surface area contributed by atoms with E-state index in [1.165, 1.54) is 6.26 Å². The minimum Gasteiger partial charge on any atom is -0.381 e. The van der Waals surface area contributed by atoms with E-state index in [-0.39, 0.29) is 0 Å². The second kappa shape index (κ2) is 3.84. The Morgan fingerprint density at radius 2 is 1.89 bits per heavy atom. The highest BCUT2D eigenvalue weighted by Crippen LogP contribution is 2.52. The highest BCUT2D eigenvalue weighted by molar-refractivity contribution is 7.92. The molecular weight excluding hydrogens is 264 g/mol. The molecule has 1 aromatic carbocycles. The van der Waals surface area contributed by atoms with Crippen molar-refractivity contribution in [1.82, 2.24) is 5.16 Å². The molecule has 100 valence electrons. The van der Waals surface area contributed by atoms with Crippen LogP contribution in [0.15, 0.2) is 34.9 Å². The molecule has 1 heterocycles. The van der Waals surface area contributed by atoms with Gasteiger partial charge < -0.3 is 10.3 Å². The molecule has 3 rings (SSSR count). The van der Waals surface area contributed by atoms with E-state index in [9.17, 15) is 8.42 Å². The zero-order valence-electron chi connectivity index (χ0n) is 10.5. The first-order valence-electron chi connectivity index (χ1n) is 5.95. The van der Waals surface area contributed by atoms with Gasteiger partial charge in [0, 0.05) is 17.9 Å². The third kappa shape index (κ3) is 1.92. The molecule has 2 aromatic rings. The van der Waals surface area contributed by atoms with Crippen molar-refractivity contribution in [2.45, 2.75) is 17.6 Å². The molecule has 0 unspecified atom stereocenters. The van der Waals surface area contributed by atoms with Crippen LogP contribution in [0.3, 0.4) is 0 Å². The fourth-order valence-corrected chi connectivity index (χ4v) is 3.76. The second-order valence-corrected chi connectivity index (χ2v) is 7.29. The van der Waals surface area contributed by atoms with Crippen molar-refractivity contribution >= 4 is 15.7 Å². The van der Waals surface area contributed by atoms with Gasteiger partial charge in [-0.2, -0.15) is 0 Å². The molecule has 1 aliphatic carbocycles. The van der Waals surface area contributed by atoms with Crippen LogP contribution in [0, 0.1) is 0 Å². The summed E-state index contributed by atoms with van der Waals surface area (Å²) in [6.07, 6.45) is 2.69. The minimum absolute atomic E-state index is 0.328. The molecule has 5 nitrogen and oxygen atoms in total. The first-order valence-corrected chi connectivity index (χ1v) is 7.84. The van der Waals surface area contributed by atoms with Crippen LogP contribution in [0.1, 0.15) is 18.4 Å². The minimum atomic E-state index is -3.07. The molecule has 2 N–H and O–H groups in total. The number of sulfone groups is 1. The highest BCUT2D eigenvalue weighted by Gasteiger charge is 2.53.